The van der Waals surface area contributed by atoms with E-state index in [0.717, 1.165) is 68.3 Å². The number of amides is 1. The molecule has 0 bridgehead atoms. The molecular formula is C24H33N5O2. The van der Waals surface area contributed by atoms with Crippen molar-refractivity contribution in [3.63, 3.8) is 0 Å². The minimum absolute atomic E-state index is 0.243. The summed E-state index contributed by atoms with van der Waals surface area (Å²) in [6, 6.07) is 10.4. The topological polar surface area (TPSA) is 61.8 Å². The first-order chi connectivity index (χ1) is 15.1. The van der Waals surface area contributed by atoms with E-state index in [2.05, 4.69) is 34.1 Å². The van der Waals surface area contributed by atoms with E-state index in [1.807, 2.05) is 36.2 Å². The number of anilines is 1. The van der Waals surface area contributed by atoms with Crippen molar-refractivity contribution in [2.24, 2.45) is 0 Å². The van der Waals surface area contributed by atoms with E-state index in [0.29, 0.717) is 25.6 Å². The number of morpholine rings is 1. The van der Waals surface area contributed by atoms with Gasteiger partial charge < -0.3 is 19.4 Å². The third-order valence-electron chi connectivity index (χ3n) is 6.19. The summed E-state index contributed by atoms with van der Waals surface area (Å²) in [5, 5.41) is 0. The quantitative estimate of drug-likeness (QED) is 0.712. The summed E-state index contributed by atoms with van der Waals surface area (Å²) in [5.74, 6) is 1.32. The fourth-order valence-corrected chi connectivity index (χ4v) is 4.46. The number of hydrogen-bond donors (Lipinski definition) is 0. The number of hydrogen-bond acceptors (Lipinski definition) is 6. The van der Waals surface area contributed by atoms with Crippen molar-refractivity contribution >= 4 is 11.9 Å². The number of carbonyl (C=O) groups excluding carboxylic acids is 1. The highest BCUT2D eigenvalue weighted by molar-refractivity contribution is 5.76. The summed E-state index contributed by atoms with van der Waals surface area (Å²) in [7, 11) is 3.96. The molecule has 0 radical (unpaired) electrons. The molecule has 31 heavy (non-hydrogen) atoms. The average molecular weight is 424 g/mol. The molecule has 0 saturated carbocycles. The van der Waals surface area contributed by atoms with E-state index in [1.165, 1.54) is 0 Å². The molecule has 2 aliphatic heterocycles. The minimum Gasteiger partial charge on any atom is -0.378 e. The number of carbonyl (C=O) groups is 1. The number of likely N-dealkylation sites (tertiary alicyclic amines) is 1. The van der Waals surface area contributed by atoms with E-state index < -0.39 is 0 Å². The summed E-state index contributed by atoms with van der Waals surface area (Å²) in [6.07, 6.45) is 4.77. The zero-order chi connectivity index (χ0) is 21.6. The van der Waals surface area contributed by atoms with Crippen molar-refractivity contribution in [1.29, 1.82) is 0 Å². The molecule has 7 heteroatoms. The van der Waals surface area contributed by atoms with Crippen LogP contribution in [-0.4, -0.2) is 85.7 Å². The van der Waals surface area contributed by atoms with Crippen LogP contribution in [0.5, 0.6) is 0 Å². The van der Waals surface area contributed by atoms with Gasteiger partial charge in [-0.1, -0.05) is 30.3 Å². The second kappa shape index (κ2) is 10.2. The smallest absolute Gasteiger partial charge is 0.225 e. The Balaban J connectivity index is 1.48. The molecule has 0 N–H and O–H groups in total. The zero-order valence-electron chi connectivity index (χ0n) is 18.7. The molecule has 1 aromatic carbocycles. The monoisotopic (exact) mass is 423 g/mol. The van der Waals surface area contributed by atoms with E-state index in [4.69, 9.17) is 9.72 Å². The highest BCUT2D eigenvalue weighted by atomic mass is 16.5. The minimum atomic E-state index is 0.243. The Labute approximate surface area is 185 Å². The molecule has 0 spiro atoms. The first-order valence-corrected chi connectivity index (χ1v) is 11.3. The third kappa shape index (κ3) is 5.40. The molecule has 1 amide bonds. The fourth-order valence-electron chi connectivity index (χ4n) is 4.46. The Morgan fingerprint density at radius 3 is 2.68 bits per heavy atom. The molecule has 0 aliphatic carbocycles. The molecule has 1 aromatic heterocycles. The van der Waals surface area contributed by atoms with Gasteiger partial charge in [-0.3, -0.25) is 4.79 Å². The van der Waals surface area contributed by atoms with Crippen molar-refractivity contribution < 1.29 is 9.53 Å². The number of ether oxygens (including phenoxy) is 1. The Bertz CT molecular complexity index is 868. The lowest BCUT2D eigenvalue weighted by molar-refractivity contribution is -0.135. The van der Waals surface area contributed by atoms with Crippen LogP contribution in [0.4, 0.5) is 5.95 Å². The van der Waals surface area contributed by atoms with Gasteiger partial charge in [0, 0.05) is 64.4 Å². The first kappa shape index (κ1) is 21.7. The van der Waals surface area contributed by atoms with Crippen molar-refractivity contribution in [1.82, 2.24) is 19.8 Å². The van der Waals surface area contributed by atoms with Gasteiger partial charge in [-0.05, 0) is 24.9 Å². The summed E-state index contributed by atoms with van der Waals surface area (Å²) in [6.45, 7) is 5.52. The summed E-state index contributed by atoms with van der Waals surface area (Å²) >= 11 is 0. The summed E-state index contributed by atoms with van der Waals surface area (Å²) in [5.41, 5.74) is 3.39. The van der Waals surface area contributed by atoms with Crippen LogP contribution in [-0.2, 0) is 9.53 Å². The molecule has 2 fully saturated rings. The van der Waals surface area contributed by atoms with Crippen LogP contribution in [0.2, 0.25) is 0 Å². The predicted molar refractivity (Wildman–Crippen MR) is 122 cm³/mol. The average Bonchev–Trinajstić information content (AvgIpc) is 2.83. The lowest BCUT2D eigenvalue weighted by atomic mass is 9.90. The first-order valence-electron chi connectivity index (χ1n) is 11.3. The Hall–Kier alpha value is -2.51. The maximum absolute atomic E-state index is 12.6. The summed E-state index contributed by atoms with van der Waals surface area (Å²) < 4.78 is 5.36. The van der Waals surface area contributed by atoms with E-state index >= 15 is 0 Å². The van der Waals surface area contributed by atoms with Gasteiger partial charge in [-0.15, -0.1) is 0 Å². The fraction of sp³-hybridized carbons (Fsp3) is 0.542. The van der Waals surface area contributed by atoms with Gasteiger partial charge in [0.05, 0.1) is 18.9 Å². The van der Waals surface area contributed by atoms with Gasteiger partial charge in [-0.2, -0.15) is 0 Å². The predicted octanol–water partition coefficient (Wildman–Crippen LogP) is 2.64. The number of rotatable bonds is 6. The SMILES string of the molecule is CN(C)c1ncc(-c2ccccc2)c(C2CCCN(CCC(=O)N3CCOCC3)C2)n1. The second-order valence-corrected chi connectivity index (χ2v) is 8.61. The van der Waals surface area contributed by atoms with Crippen LogP contribution in [0.25, 0.3) is 11.1 Å². The van der Waals surface area contributed by atoms with Gasteiger partial charge in [0.15, 0.2) is 0 Å². The molecular weight excluding hydrogens is 390 g/mol. The van der Waals surface area contributed by atoms with Gasteiger partial charge in [-0.25, -0.2) is 9.97 Å². The number of piperidine rings is 1. The maximum atomic E-state index is 12.6. The summed E-state index contributed by atoms with van der Waals surface area (Å²) in [4.78, 5) is 28.4. The van der Waals surface area contributed by atoms with Crippen molar-refractivity contribution in [3.05, 3.63) is 42.2 Å². The van der Waals surface area contributed by atoms with E-state index in [1.54, 1.807) is 0 Å². The van der Waals surface area contributed by atoms with Gasteiger partial charge >= 0.3 is 0 Å². The lowest BCUT2D eigenvalue weighted by Gasteiger charge is -2.34. The highest BCUT2D eigenvalue weighted by Gasteiger charge is 2.27. The maximum Gasteiger partial charge on any atom is 0.225 e. The molecule has 7 nitrogen and oxygen atoms in total. The second-order valence-electron chi connectivity index (χ2n) is 8.61. The molecule has 2 aliphatic rings. The Morgan fingerprint density at radius 1 is 1.16 bits per heavy atom. The van der Waals surface area contributed by atoms with Crippen LogP contribution in [0.3, 0.4) is 0 Å². The normalized spacial score (nSPS) is 19.9. The molecule has 3 heterocycles. The van der Waals surface area contributed by atoms with Gasteiger partial charge in [0.25, 0.3) is 0 Å². The number of aromatic nitrogens is 2. The zero-order valence-corrected chi connectivity index (χ0v) is 18.7. The van der Waals surface area contributed by atoms with E-state index in [-0.39, 0.29) is 5.91 Å². The molecule has 166 valence electrons. The van der Waals surface area contributed by atoms with Gasteiger partial charge in [0.1, 0.15) is 0 Å². The standard InChI is InChI=1S/C24H33N5O2/c1-27(2)24-25-17-21(19-7-4-3-5-8-19)23(26-24)20-9-6-11-28(18-20)12-10-22(30)29-13-15-31-16-14-29/h3-5,7-8,17,20H,6,9-16,18H2,1-2H3. The van der Waals surface area contributed by atoms with Crippen LogP contribution in [0, 0.1) is 0 Å². The van der Waals surface area contributed by atoms with Crippen molar-refractivity contribution in [2.75, 3.05) is 64.9 Å². The highest BCUT2D eigenvalue weighted by Crippen LogP contribution is 2.33. The molecule has 1 atom stereocenters. The van der Waals surface area contributed by atoms with Crippen LogP contribution in [0.15, 0.2) is 36.5 Å². The lowest BCUT2D eigenvalue weighted by Crippen LogP contribution is -2.43. The third-order valence-corrected chi connectivity index (χ3v) is 6.19. The molecule has 4 rings (SSSR count). The van der Waals surface area contributed by atoms with Crippen molar-refractivity contribution in [2.45, 2.75) is 25.2 Å². The van der Waals surface area contributed by atoms with Crippen LogP contribution in [0.1, 0.15) is 30.9 Å². The van der Waals surface area contributed by atoms with Gasteiger partial charge in [0.2, 0.25) is 11.9 Å². The largest absolute Gasteiger partial charge is 0.378 e. The molecule has 2 aromatic rings. The van der Waals surface area contributed by atoms with Crippen LogP contribution >= 0.6 is 0 Å². The number of benzene rings is 1. The number of nitrogens with zero attached hydrogens (tertiary/aromatic N) is 5. The molecule has 2 saturated heterocycles. The molecule has 1 unspecified atom stereocenters. The Kier molecular flexibility index (Phi) is 7.14. The van der Waals surface area contributed by atoms with Crippen LogP contribution < -0.4 is 4.90 Å². The van der Waals surface area contributed by atoms with E-state index in [9.17, 15) is 4.79 Å². The van der Waals surface area contributed by atoms with Crippen molar-refractivity contribution in [3.8, 4) is 11.1 Å². The Morgan fingerprint density at radius 2 is 1.94 bits per heavy atom.